The smallest absolute Gasteiger partial charge is 0.328 e. The molecule has 2 heterocycles. The zero-order chi connectivity index (χ0) is 19.3. The van der Waals surface area contributed by atoms with Crippen molar-refractivity contribution in [1.82, 2.24) is 5.32 Å². The van der Waals surface area contributed by atoms with Crippen molar-refractivity contribution >= 4 is 39.2 Å². The first-order chi connectivity index (χ1) is 13.6. The summed E-state index contributed by atoms with van der Waals surface area (Å²) in [5.74, 6) is -0.196. The minimum absolute atomic E-state index is 0.196. The first-order valence-corrected chi connectivity index (χ1v) is 10.7. The predicted octanol–water partition coefficient (Wildman–Crippen LogP) is 3.82. The number of carbonyl (C=O) groups is 2. The summed E-state index contributed by atoms with van der Waals surface area (Å²) < 4.78 is 1.16. The zero-order valence-electron chi connectivity index (χ0n) is 15.6. The molecule has 1 atom stereocenters. The number of hydrogen-bond acceptors (Lipinski definition) is 3. The maximum atomic E-state index is 12.1. The molecule has 5 nitrogen and oxygen atoms in total. The van der Waals surface area contributed by atoms with Gasteiger partial charge in [0.15, 0.2) is 0 Å². The van der Waals surface area contributed by atoms with Crippen LogP contribution in [-0.4, -0.2) is 31.1 Å². The van der Waals surface area contributed by atoms with Gasteiger partial charge in [0, 0.05) is 41.4 Å². The van der Waals surface area contributed by atoms with Crippen molar-refractivity contribution < 1.29 is 9.59 Å². The van der Waals surface area contributed by atoms with Gasteiger partial charge >= 0.3 is 6.03 Å². The fourth-order valence-electron chi connectivity index (χ4n) is 4.74. The van der Waals surface area contributed by atoms with Gasteiger partial charge in [-0.05, 0) is 72.7 Å². The van der Waals surface area contributed by atoms with Crippen molar-refractivity contribution in [3.05, 3.63) is 57.6 Å². The Morgan fingerprint density at radius 2 is 1.82 bits per heavy atom. The van der Waals surface area contributed by atoms with Gasteiger partial charge in [0.1, 0.15) is 0 Å². The summed E-state index contributed by atoms with van der Waals surface area (Å²) >= 11 is 3.58. The van der Waals surface area contributed by atoms with Crippen LogP contribution in [0.4, 0.5) is 16.2 Å². The fraction of sp³-hybridized carbons (Fsp3) is 0.364. The van der Waals surface area contributed by atoms with Crippen molar-refractivity contribution in [2.24, 2.45) is 0 Å². The number of carbonyl (C=O) groups excluding carboxylic acids is 2. The molecule has 2 aromatic carbocycles. The molecule has 1 N–H and O–H groups in total. The highest BCUT2D eigenvalue weighted by Gasteiger charge is 2.31. The van der Waals surface area contributed by atoms with Gasteiger partial charge in [0.2, 0.25) is 5.91 Å². The number of hydrogen-bond donors (Lipinski definition) is 1. The van der Waals surface area contributed by atoms with Crippen molar-refractivity contribution in [3.63, 3.8) is 0 Å². The number of nitrogens with zero attached hydrogens (tertiary/aromatic N) is 2. The number of imide groups is 1. The van der Waals surface area contributed by atoms with Crippen LogP contribution in [0.3, 0.4) is 0 Å². The molecule has 3 aliphatic rings. The maximum Gasteiger partial charge on any atom is 0.328 e. The van der Waals surface area contributed by atoms with Crippen LogP contribution in [0.2, 0.25) is 0 Å². The van der Waals surface area contributed by atoms with E-state index in [1.54, 1.807) is 4.90 Å². The van der Waals surface area contributed by atoms with E-state index >= 15 is 0 Å². The molecule has 6 heteroatoms. The molecule has 0 bridgehead atoms. The summed E-state index contributed by atoms with van der Waals surface area (Å²) in [7, 11) is 0. The van der Waals surface area contributed by atoms with E-state index in [9.17, 15) is 9.59 Å². The lowest BCUT2D eigenvalue weighted by atomic mass is 9.87. The lowest BCUT2D eigenvalue weighted by molar-refractivity contribution is -0.120. The van der Waals surface area contributed by atoms with Gasteiger partial charge < -0.3 is 4.90 Å². The highest BCUT2D eigenvalue weighted by Crippen LogP contribution is 2.37. The second kappa shape index (κ2) is 6.92. The van der Waals surface area contributed by atoms with Gasteiger partial charge in [-0.2, -0.15) is 0 Å². The molecule has 0 saturated carbocycles. The van der Waals surface area contributed by atoms with Crippen LogP contribution in [0.15, 0.2) is 40.9 Å². The largest absolute Gasteiger partial charge is 0.368 e. The van der Waals surface area contributed by atoms with E-state index in [1.165, 1.54) is 28.8 Å². The van der Waals surface area contributed by atoms with Crippen LogP contribution in [0, 0.1) is 0 Å². The number of benzene rings is 2. The van der Waals surface area contributed by atoms with Gasteiger partial charge in [-0.25, -0.2) is 4.79 Å². The van der Waals surface area contributed by atoms with Gasteiger partial charge in [0.05, 0.1) is 0 Å². The van der Waals surface area contributed by atoms with Gasteiger partial charge in [-0.15, -0.1) is 0 Å². The van der Waals surface area contributed by atoms with Crippen LogP contribution in [0.1, 0.15) is 29.5 Å². The Balaban J connectivity index is 1.36. The number of halogens is 1. The molecule has 2 aromatic rings. The van der Waals surface area contributed by atoms with Crippen LogP contribution in [0.5, 0.6) is 0 Å². The van der Waals surface area contributed by atoms with E-state index in [1.807, 2.05) is 6.07 Å². The number of amides is 3. The van der Waals surface area contributed by atoms with E-state index in [0.29, 0.717) is 19.0 Å². The van der Waals surface area contributed by atoms with Crippen molar-refractivity contribution in [3.8, 4) is 0 Å². The Morgan fingerprint density at radius 3 is 2.68 bits per heavy atom. The highest BCUT2D eigenvalue weighted by molar-refractivity contribution is 9.10. The molecule has 3 amide bonds. The number of rotatable bonds is 2. The molecule has 1 saturated heterocycles. The average Bonchev–Trinajstić information content (AvgIpc) is 3.11. The normalized spacial score (nSPS) is 21.4. The number of urea groups is 1. The van der Waals surface area contributed by atoms with Gasteiger partial charge in [-0.3, -0.25) is 15.0 Å². The van der Waals surface area contributed by atoms with Gasteiger partial charge in [0.25, 0.3) is 0 Å². The lowest BCUT2D eigenvalue weighted by Gasteiger charge is -2.34. The Bertz CT molecular complexity index is 974. The summed E-state index contributed by atoms with van der Waals surface area (Å²) in [5.41, 5.74) is 6.39. The SMILES string of the molecule is O=C1CCN(c2ccc3c(c2)CCN3C2CCc3cc(Br)ccc3C2)C(=O)N1. The molecule has 144 valence electrons. The second-order valence-electron chi connectivity index (χ2n) is 7.82. The van der Waals surface area contributed by atoms with Crippen molar-refractivity contribution in [2.45, 2.75) is 38.1 Å². The predicted molar refractivity (Wildman–Crippen MR) is 113 cm³/mol. The Kier molecular flexibility index (Phi) is 4.38. The molecular weight excluding hydrogens is 418 g/mol. The van der Waals surface area contributed by atoms with Crippen LogP contribution in [0.25, 0.3) is 0 Å². The first kappa shape index (κ1) is 17.7. The summed E-state index contributed by atoms with van der Waals surface area (Å²) in [6, 6.07) is 13.1. The van der Waals surface area contributed by atoms with Crippen LogP contribution >= 0.6 is 15.9 Å². The molecule has 5 rings (SSSR count). The van der Waals surface area contributed by atoms with E-state index in [-0.39, 0.29) is 11.9 Å². The minimum Gasteiger partial charge on any atom is -0.368 e. The van der Waals surface area contributed by atoms with E-state index in [0.717, 1.165) is 36.0 Å². The quantitative estimate of drug-likeness (QED) is 0.773. The van der Waals surface area contributed by atoms with Crippen molar-refractivity contribution in [2.75, 3.05) is 22.9 Å². The molecule has 1 fully saturated rings. The van der Waals surface area contributed by atoms with Crippen molar-refractivity contribution in [1.29, 1.82) is 0 Å². The molecule has 0 aromatic heterocycles. The average molecular weight is 440 g/mol. The first-order valence-electron chi connectivity index (χ1n) is 9.87. The van der Waals surface area contributed by atoms with Crippen LogP contribution in [-0.2, 0) is 24.1 Å². The summed E-state index contributed by atoms with van der Waals surface area (Å²) in [5, 5.41) is 2.40. The highest BCUT2D eigenvalue weighted by atomic mass is 79.9. The monoisotopic (exact) mass is 439 g/mol. The summed E-state index contributed by atoms with van der Waals surface area (Å²) in [4.78, 5) is 27.7. The molecule has 1 aliphatic carbocycles. The van der Waals surface area contributed by atoms with E-state index < -0.39 is 0 Å². The summed E-state index contributed by atoms with van der Waals surface area (Å²) in [6.07, 6.45) is 4.72. The van der Waals surface area contributed by atoms with Gasteiger partial charge in [-0.1, -0.05) is 22.0 Å². The Hall–Kier alpha value is -2.34. The maximum absolute atomic E-state index is 12.1. The minimum atomic E-state index is -0.318. The molecule has 1 unspecified atom stereocenters. The number of fused-ring (bicyclic) bond motifs is 2. The standard InChI is InChI=1S/C22H22BrN3O2/c23-17-3-1-15-12-18(4-2-14(15)11-17)25-9-7-16-13-19(5-6-20(16)25)26-10-8-21(27)24-22(26)28/h1,3,5-6,11,13,18H,2,4,7-10,12H2,(H,24,27,28). The Labute approximate surface area is 172 Å². The fourth-order valence-corrected chi connectivity index (χ4v) is 5.15. The number of anilines is 2. The number of nitrogens with one attached hydrogen (secondary N) is 1. The second-order valence-corrected chi connectivity index (χ2v) is 8.74. The lowest BCUT2D eigenvalue weighted by Crippen LogP contribution is -2.49. The third-order valence-corrected chi connectivity index (χ3v) is 6.66. The zero-order valence-corrected chi connectivity index (χ0v) is 17.2. The van der Waals surface area contributed by atoms with Crippen LogP contribution < -0.4 is 15.1 Å². The Morgan fingerprint density at radius 1 is 0.929 bits per heavy atom. The van der Waals surface area contributed by atoms with E-state index in [2.05, 4.69) is 56.5 Å². The molecule has 0 radical (unpaired) electrons. The number of aryl methyl sites for hydroxylation is 1. The molecule has 0 spiro atoms. The molecule has 28 heavy (non-hydrogen) atoms. The topological polar surface area (TPSA) is 52.7 Å². The molecular formula is C22H22BrN3O2. The summed E-state index contributed by atoms with van der Waals surface area (Å²) in [6.45, 7) is 1.47. The molecule has 2 aliphatic heterocycles. The van der Waals surface area contributed by atoms with E-state index in [4.69, 9.17) is 0 Å². The third-order valence-electron chi connectivity index (χ3n) is 6.17. The third kappa shape index (κ3) is 3.09.